The predicted molar refractivity (Wildman–Crippen MR) is 30.1 cm³/mol. The van der Waals surface area contributed by atoms with Gasteiger partial charge in [0.15, 0.2) is 0 Å². The van der Waals surface area contributed by atoms with Crippen molar-refractivity contribution in [2.24, 2.45) is 5.73 Å². The number of methoxy groups -OCH3 is 1. The van der Waals surface area contributed by atoms with Crippen molar-refractivity contribution in [2.45, 2.75) is 0 Å². The van der Waals surface area contributed by atoms with E-state index in [-0.39, 0.29) is 0 Å². The molecule has 7 heavy (non-hydrogen) atoms. The van der Waals surface area contributed by atoms with E-state index in [1.807, 2.05) is 12.2 Å². The van der Waals surface area contributed by atoms with Crippen molar-refractivity contribution in [3.63, 3.8) is 0 Å². The maximum absolute atomic E-state index is 5.13. The first-order chi connectivity index (χ1) is 3.41. The zero-order valence-electron chi connectivity index (χ0n) is 4.55. The van der Waals surface area contributed by atoms with Crippen LogP contribution in [0.15, 0.2) is 12.2 Å². The zero-order valence-corrected chi connectivity index (χ0v) is 4.55. The summed E-state index contributed by atoms with van der Waals surface area (Å²) in [4.78, 5) is 0. The molecule has 0 atom stereocenters. The molecule has 0 spiro atoms. The molecule has 0 radical (unpaired) electrons. The summed E-state index contributed by atoms with van der Waals surface area (Å²) in [5.74, 6) is 0. The minimum absolute atomic E-state index is 0.601. The Bertz CT molecular complexity index is 52.0. The molecule has 42 valence electrons. The SMILES string of the molecule is COCC=CCN. The Hall–Kier alpha value is -0.340. The maximum Gasteiger partial charge on any atom is 0.0644 e. The van der Waals surface area contributed by atoms with Crippen molar-refractivity contribution in [3.05, 3.63) is 12.2 Å². The largest absolute Gasteiger partial charge is 0.381 e. The van der Waals surface area contributed by atoms with Crippen molar-refractivity contribution in [2.75, 3.05) is 20.3 Å². The number of rotatable bonds is 3. The van der Waals surface area contributed by atoms with Crippen LogP contribution in [-0.2, 0) is 4.74 Å². The van der Waals surface area contributed by atoms with Gasteiger partial charge >= 0.3 is 0 Å². The van der Waals surface area contributed by atoms with Crippen molar-refractivity contribution in [1.29, 1.82) is 0 Å². The third kappa shape index (κ3) is 5.66. The van der Waals surface area contributed by atoms with Crippen molar-refractivity contribution < 1.29 is 4.74 Å². The first-order valence-electron chi connectivity index (χ1n) is 2.26. The van der Waals surface area contributed by atoms with Gasteiger partial charge in [-0.25, -0.2) is 0 Å². The molecule has 0 heterocycles. The highest BCUT2D eigenvalue weighted by Gasteiger charge is 1.66. The summed E-state index contributed by atoms with van der Waals surface area (Å²) in [6.45, 7) is 1.26. The van der Waals surface area contributed by atoms with Crippen LogP contribution >= 0.6 is 0 Å². The first-order valence-corrected chi connectivity index (χ1v) is 2.26. The lowest BCUT2D eigenvalue weighted by Gasteiger charge is -1.83. The van der Waals surface area contributed by atoms with Gasteiger partial charge in [0.1, 0.15) is 0 Å². The molecule has 0 bridgehead atoms. The number of hydrogen-bond acceptors (Lipinski definition) is 2. The fourth-order valence-electron chi connectivity index (χ4n) is 0.260. The summed E-state index contributed by atoms with van der Waals surface area (Å²) in [6.07, 6.45) is 3.75. The third-order valence-corrected chi connectivity index (χ3v) is 0.566. The van der Waals surface area contributed by atoms with E-state index >= 15 is 0 Å². The van der Waals surface area contributed by atoms with Crippen LogP contribution in [0.1, 0.15) is 0 Å². The molecule has 0 saturated heterocycles. The van der Waals surface area contributed by atoms with E-state index in [4.69, 9.17) is 10.5 Å². The van der Waals surface area contributed by atoms with Gasteiger partial charge in [-0.2, -0.15) is 0 Å². The van der Waals surface area contributed by atoms with E-state index in [0.29, 0.717) is 13.2 Å². The Morgan fingerprint density at radius 1 is 1.57 bits per heavy atom. The van der Waals surface area contributed by atoms with Crippen LogP contribution in [0.4, 0.5) is 0 Å². The molecule has 2 nitrogen and oxygen atoms in total. The quantitative estimate of drug-likeness (QED) is 0.513. The van der Waals surface area contributed by atoms with Crippen molar-refractivity contribution in [1.82, 2.24) is 0 Å². The van der Waals surface area contributed by atoms with Gasteiger partial charge in [0.25, 0.3) is 0 Å². The molecule has 0 fully saturated rings. The van der Waals surface area contributed by atoms with Gasteiger partial charge < -0.3 is 10.5 Å². The second-order valence-corrected chi connectivity index (χ2v) is 1.16. The molecule has 0 aliphatic rings. The first kappa shape index (κ1) is 6.66. The average molecular weight is 101 g/mol. The summed E-state index contributed by atoms with van der Waals surface area (Å²) in [5.41, 5.74) is 5.13. The fraction of sp³-hybridized carbons (Fsp3) is 0.600. The van der Waals surface area contributed by atoms with Crippen LogP contribution in [0.25, 0.3) is 0 Å². The van der Waals surface area contributed by atoms with Gasteiger partial charge in [-0.3, -0.25) is 0 Å². The summed E-state index contributed by atoms with van der Waals surface area (Å²) in [6, 6.07) is 0. The Balaban J connectivity index is 2.78. The molecule has 0 unspecified atom stereocenters. The van der Waals surface area contributed by atoms with Crippen LogP contribution in [0.2, 0.25) is 0 Å². The number of nitrogens with two attached hydrogens (primary N) is 1. The molecular weight excluding hydrogens is 90.1 g/mol. The second kappa shape index (κ2) is 5.66. The van der Waals surface area contributed by atoms with Gasteiger partial charge in [0.05, 0.1) is 6.61 Å². The summed E-state index contributed by atoms with van der Waals surface area (Å²) in [7, 11) is 1.65. The average Bonchev–Trinajstić information content (AvgIpc) is 1.69. The van der Waals surface area contributed by atoms with Gasteiger partial charge in [0.2, 0.25) is 0 Å². The fourth-order valence-corrected chi connectivity index (χ4v) is 0.260. The minimum Gasteiger partial charge on any atom is -0.381 e. The van der Waals surface area contributed by atoms with E-state index < -0.39 is 0 Å². The predicted octanol–water partition coefficient (Wildman–Crippen LogP) is 0.148. The summed E-state index contributed by atoms with van der Waals surface area (Å²) >= 11 is 0. The Labute approximate surface area is 44.0 Å². The van der Waals surface area contributed by atoms with E-state index in [0.717, 1.165) is 0 Å². The molecule has 0 aromatic heterocycles. The van der Waals surface area contributed by atoms with Gasteiger partial charge in [-0.15, -0.1) is 0 Å². The van der Waals surface area contributed by atoms with Crippen molar-refractivity contribution >= 4 is 0 Å². The molecule has 2 heteroatoms. The van der Waals surface area contributed by atoms with E-state index in [9.17, 15) is 0 Å². The number of ether oxygens (including phenoxy) is 1. The van der Waals surface area contributed by atoms with Crippen LogP contribution in [0.3, 0.4) is 0 Å². The Morgan fingerprint density at radius 2 is 2.29 bits per heavy atom. The monoisotopic (exact) mass is 101 g/mol. The van der Waals surface area contributed by atoms with E-state index in [1.165, 1.54) is 0 Å². The minimum atomic E-state index is 0.601. The molecule has 0 aromatic rings. The Kier molecular flexibility index (Phi) is 5.39. The molecule has 0 amide bonds. The zero-order chi connectivity index (χ0) is 5.54. The Morgan fingerprint density at radius 3 is 2.71 bits per heavy atom. The van der Waals surface area contributed by atoms with Crippen LogP contribution in [0, 0.1) is 0 Å². The molecule has 0 rings (SSSR count). The standard InChI is InChI=1S/C5H11NO/c1-7-5-3-2-4-6/h2-3H,4-6H2,1H3. The topological polar surface area (TPSA) is 35.2 Å². The van der Waals surface area contributed by atoms with Crippen molar-refractivity contribution in [3.8, 4) is 0 Å². The van der Waals surface area contributed by atoms with Crippen LogP contribution in [-0.4, -0.2) is 20.3 Å². The molecule has 0 saturated carbocycles. The molecule has 0 aromatic carbocycles. The van der Waals surface area contributed by atoms with Gasteiger partial charge in [-0.05, 0) is 0 Å². The lowest BCUT2D eigenvalue weighted by atomic mass is 10.5. The molecule has 0 aliphatic carbocycles. The van der Waals surface area contributed by atoms with Crippen LogP contribution < -0.4 is 5.73 Å². The molecule has 2 N–H and O–H groups in total. The lowest BCUT2D eigenvalue weighted by molar-refractivity contribution is 0.233. The highest BCUT2D eigenvalue weighted by atomic mass is 16.5. The lowest BCUT2D eigenvalue weighted by Crippen LogP contribution is -1.93. The van der Waals surface area contributed by atoms with Gasteiger partial charge in [0, 0.05) is 13.7 Å². The molecule has 0 aliphatic heterocycles. The smallest absolute Gasteiger partial charge is 0.0644 e. The van der Waals surface area contributed by atoms with E-state index in [1.54, 1.807) is 7.11 Å². The number of hydrogen-bond donors (Lipinski definition) is 1. The van der Waals surface area contributed by atoms with Crippen LogP contribution in [0.5, 0.6) is 0 Å². The highest BCUT2D eigenvalue weighted by molar-refractivity contribution is 4.81. The van der Waals surface area contributed by atoms with Gasteiger partial charge in [-0.1, -0.05) is 12.2 Å². The second-order valence-electron chi connectivity index (χ2n) is 1.16. The normalized spacial score (nSPS) is 10.6. The highest BCUT2D eigenvalue weighted by Crippen LogP contribution is 1.68. The summed E-state index contributed by atoms with van der Waals surface area (Å²) < 4.78 is 4.70. The summed E-state index contributed by atoms with van der Waals surface area (Å²) in [5, 5.41) is 0. The third-order valence-electron chi connectivity index (χ3n) is 0.566. The maximum atomic E-state index is 5.13. The van der Waals surface area contributed by atoms with E-state index in [2.05, 4.69) is 0 Å². The molecular formula is C5H11NO.